The Morgan fingerprint density at radius 1 is 1.33 bits per heavy atom. The average Bonchev–Trinajstić information content (AvgIpc) is 2.85. The number of hydrogen-bond donors (Lipinski definition) is 1. The number of hydrogen-bond acceptors (Lipinski definition) is 2. The lowest BCUT2D eigenvalue weighted by Gasteiger charge is -2.15. The van der Waals surface area contributed by atoms with Gasteiger partial charge in [0.05, 0.1) is 12.0 Å². The zero-order valence-electron chi connectivity index (χ0n) is 10.4. The van der Waals surface area contributed by atoms with Gasteiger partial charge in [-0.3, -0.25) is 4.79 Å². The molecule has 0 aliphatic heterocycles. The second-order valence-corrected chi connectivity index (χ2v) is 4.83. The fourth-order valence-corrected chi connectivity index (χ4v) is 2.47. The molecule has 2 atom stereocenters. The first-order valence-corrected chi connectivity index (χ1v) is 6.52. The third-order valence-electron chi connectivity index (χ3n) is 3.51. The van der Waals surface area contributed by atoms with E-state index in [1.54, 1.807) is 0 Å². The molecule has 2 rings (SSSR count). The van der Waals surface area contributed by atoms with E-state index in [4.69, 9.17) is 5.26 Å². The Bertz CT molecular complexity index is 436. The van der Waals surface area contributed by atoms with Crippen molar-refractivity contribution in [2.24, 2.45) is 5.92 Å². The monoisotopic (exact) mass is 242 g/mol. The van der Waals surface area contributed by atoms with Crippen molar-refractivity contribution < 1.29 is 4.79 Å². The van der Waals surface area contributed by atoms with Crippen molar-refractivity contribution in [2.75, 3.05) is 0 Å². The highest BCUT2D eigenvalue weighted by molar-refractivity contribution is 5.76. The van der Waals surface area contributed by atoms with Crippen molar-refractivity contribution in [1.82, 2.24) is 5.32 Å². The second kappa shape index (κ2) is 6.20. The summed E-state index contributed by atoms with van der Waals surface area (Å²) >= 11 is 0. The minimum atomic E-state index is 0.00525. The molecule has 3 heteroatoms. The molecule has 1 fully saturated rings. The van der Waals surface area contributed by atoms with Crippen LogP contribution in [0.2, 0.25) is 0 Å². The summed E-state index contributed by atoms with van der Waals surface area (Å²) in [6.45, 7) is 0. The Kier molecular flexibility index (Phi) is 4.35. The molecule has 0 aromatic heterocycles. The van der Waals surface area contributed by atoms with Gasteiger partial charge < -0.3 is 5.32 Å². The fraction of sp³-hybridized carbons (Fsp3) is 0.467. The van der Waals surface area contributed by atoms with Crippen molar-refractivity contribution in [3.63, 3.8) is 0 Å². The van der Waals surface area contributed by atoms with E-state index in [0.29, 0.717) is 6.42 Å². The molecule has 0 bridgehead atoms. The summed E-state index contributed by atoms with van der Waals surface area (Å²) in [7, 11) is 0. The van der Waals surface area contributed by atoms with E-state index < -0.39 is 0 Å². The van der Waals surface area contributed by atoms with Gasteiger partial charge in [-0.25, -0.2) is 0 Å². The van der Waals surface area contributed by atoms with Gasteiger partial charge in [0.25, 0.3) is 0 Å². The van der Waals surface area contributed by atoms with Crippen LogP contribution in [0.4, 0.5) is 0 Å². The second-order valence-electron chi connectivity index (χ2n) is 4.83. The Morgan fingerprint density at radius 2 is 2.11 bits per heavy atom. The molecule has 2 unspecified atom stereocenters. The zero-order chi connectivity index (χ0) is 12.8. The third-order valence-corrected chi connectivity index (χ3v) is 3.51. The number of nitrogens with one attached hydrogen (secondary N) is 1. The maximum absolute atomic E-state index is 11.8. The molecule has 1 aliphatic carbocycles. The molecule has 94 valence electrons. The van der Waals surface area contributed by atoms with E-state index in [1.807, 2.05) is 30.3 Å². The molecule has 1 aliphatic rings. The Hall–Kier alpha value is -1.82. The summed E-state index contributed by atoms with van der Waals surface area (Å²) in [5, 5.41) is 11.9. The van der Waals surface area contributed by atoms with Crippen molar-refractivity contribution in [1.29, 1.82) is 5.26 Å². The van der Waals surface area contributed by atoms with Crippen LogP contribution < -0.4 is 5.32 Å². The van der Waals surface area contributed by atoms with Crippen molar-refractivity contribution >= 4 is 5.91 Å². The smallest absolute Gasteiger partial charge is 0.220 e. The van der Waals surface area contributed by atoms with Crippen LogP contribution in [-0.4, -0.2) is 11.9 Å². The highest BCUT2D eigenvalue weighted by Crippen LogP contribution is 2.24. The van der Waals surface area contributed by atoms with Crippen LogP contribution in [0, 0.1) is 17.2 Å². The molecule has 0 spiro atoms. The largest absolute Gasteiger partial charge is 0.352 e. The molecule has 18 heavy (non-hydrogen) atoms. The molecule has 1 saturated carbocycles. The molecule has 1 aromatic carbocycles. The standard InChI is InChI=1S/C15H18N2O/c16-11-13-7-4-8-14(13)17-15(18)10-9-12-5-2-1-3-6-12/h1-3,5-6,13-14H,4,7-10H2,(H,17,18). The lowest BCUT2D eigenvalue weighted by atomic mass is 10.1. The van der Waals surface area contributed by atoms with Gasteiger partial charge in [0.15, 0.2) is 0 Å². The van der Waals surface area contributed by atoms with Crippen molar-refractivity contribution in [2.45, 2.75) is 38.1 Å². The van der Waals surface area contributed by atoms with Crippen LogP contribution in [0.5, 0.6) is 0 Å². The van der Waals surface area contributed by atoms with Crippen LogP contribution >= 0.6 is 0 Å². The molecule has 3 nitrogen and oxygen atoms in total. The number of benzene rings is 1. The van der Waals surface area contributed by atoms with Crippen LogP contribution in [0.15, 0.2) is 30.3 Å². The number of rotatable bonds is 4. The Labute approximate surface area is 108 Å². The van der Waals surface area contributed by atoms with Gasteiger partial charge in [-0.15, -0.1) is 0 Å². The minimum absolute atomic E-state index is 0.00525. The van der Waals surface area contributed by atoms with Crippen LogP contribution in [0.1, 0.15) is 31.2 Å². The number of carbonyl (C=O) groups excluding carboxylic acids is 1. The molecule has 0 heterocycles. The quantitative estimate of drug-likeness (QED) is 0.881. The van der Waals surface area contributed by atoms with E-state index in [2.05, 4.69) is 11.4 Å². The van der Waals surface area contributed by atoms with E-state index in [0.717, 1.165) is 25.7 Å². The highest BCUT2D eigenvalue weighted by Gasteiger charge is 2.27. The summed E-state index contributed by atoms with van der Waals surface area (Å²) in [6.07, 6.45) is 4.16. The van der Waals surface area contributed by atoms with Gasteiger partial charge in [-0.05, 0) is 31.2 Å². The van der Waals surface area contributed by atoms with Crippen LogP contribution in [0.3, 0.4) is 0 Å². The van der Waals surface area contributed by atoms with Gasteiger partial charge in [0, 0.05) is 12.5 Å². The van der Waals surface area contributed by atoms with Crippen molar-refractivity contribution in [3.05, 3.63) is 35.9 Å². The summed E-state index contributed by atoms with van der Waals surface area (Å²) in [5.74, 6) is 0.0664. The number of aryl methyl sites for hydroxylation is 1. The first-order chi connectivity index (χ1) is 8.79. The van der Waals surface area contributed by atoms with Crippen LogP contribution in [0.25, 0.3) is 0 Å². The van der Waals surface area contributed by atoms with Gasteiger partial charge in [0.1, 0.15) is 0 Å². The zero-order valence-corrected chi connectivity index (χ0v) is 10.4. The minimum Gasteiger partial charge on any atom is -0.352 e. The fourth-order valence-electron chi connectivity index (χ4n) is 2.47. The van der Waals surface area contributed by atoms with E-state index in [1.165, 1.54) is 5.56 Å². The van der Waals surface area contributed by atoms with Gasteiger partial charge in [-0.1, -0.05) is 30.3 Å². The summed E-state index contributed by atoms with van der Waals surface area (Å²) in [4.78, 5) is 11.8. The third kappa shape index (κ3) is 3.33. The predicted molar refractivity (Wildman–Crippen MR) is 69.6 cm³/mol. The topological polar surface area (TPSA) is 52.9 Å². The lowest BCUT2D eigenvalue weighted by Crippen LogP contribution is -2.36. The molecule has 1 amide bonds. The predicted octanol–water partition coefficient (Wildman–Crippen LogP) is 2.43. The summed E-state index contributed by atoms with van der Waals surface area (Å²) in [5.41, 5.74) is 1.18. The molecule has 1 aromatic rings. The lowest BCUT2D eigenvalue weighted by molar-refractivity contribution is -0.121. The molecule has 1 N–H and O–H groups in total. The summed E-state index contributed by atoms with van der Waals surface area (Å²) in [6, 6.07) is 12.3. The normalized spacial score (nSPS) is 22.4. The maximum atomic E-state index is 11.8. The number of nitrogens with zero attached hydrogens (tertiary/aromatic N) is 1. The maximum Gasteiger partial charge on any atom is 0.220 e. The molecular weight excluding hydrogens is 224 g/mol. The Morgan fingerprint density at radius 3 is 2.83 bits per heavy atom. The van der Waals surface area contributed by atoms with Gasteiger partial charge in [0.2, 0.25) is 5.91 Å². The average molecular weight is 242 g/mol. The number of nitriles is 1. The first-order valence-electron chi connectivity index (χ1n) is 6.52. The molecule has 0 saturated heterocycles. The van der Waals surface area contributed by atoms with Gasteiger partial charge in [-0.2, -0.15) is 5.26 Å². The SMILES string of the molecule is N#CC1CCCC1NC(=O)CCc1ccccc1. The van der Waals surface area contributed by atoms with E-state index in [9.17, 15) is 4.79 Å². The number of amides is 1. The van der Waals surface area contributed by atoms with Crippen LogP contribution in [-0.2, 0) is 11.2 Å². The highest BCUT2D eigenvalue weighted by atomic mass is 16.1. The first kappa shape index (κ1) is 12.6. The molecular formula is C15H18N2O. The van der Waals surface area contributed by atoms with Gasteiger partial charge >= 0.3 is 0 Å². The van der Waals surface area contributed by atoms with Crippen molar-refractivity contribution in [3.8, 4) is 6.07 Å². The number of carbonyl (C=O) groups is 1. The van der Waals surface area contributed by atoms with E-state index in [-0.39, 0.29) is 17.9 Å². The Balaban J connectivity index is 1.77. The molecule has 0 radical (unpaired) electrons. The van der Waals surface area contributed by atoms with E-state index >= 15 is 0 Å². The summed E-state index contributed by atoms with van der Waals surface area (Å²) < 4.78 is 0.